The molecule has 3 heteroatoms. The second-order valence-corrected chi connectivity index (χ2v) is 6.08. The minimum Gasteiger partial charge on any atom is -0.481 e. The number of aliphatic carboxylic acids is 1. The third kappa shape index (κ3) is 7.88. The molecule has 0 fully saturated rings. The van der Waals surface area contributed by atoms with Gasteiger partial charge in [-0.1, -0.05) is 78.1 Å². The van der Waals surface area contributed by atoms with Gasteiger partial charge in [-0.2, -0.15) is 0 Å². The molecule has 0 aliphatic heterocycles. The summed E-state index contributed by atoms with van der Waals surface area (Å²) in [7, 11) is 0. The smallest absolute Gasteiger partial charge is 0.310 e. The van der Waals surface area contributed by atoms with E-state index < -0.39 is 11.4 Å². The Bertz CT molecular complexity index is 237. The Labute approximate surface area is 125 Å². The molecule has 0 aliphatic rings. The predicted molar refractivity (Wildman–Crippen MR) is 85.9 cm³/mol. The first-order valence-electron chi connectivity index (χ1n) is 8.56. The summed E-state index contributed by atoms with van der Waals surface area (Å²) in [5, 5.41) is 9.29. The normalized spacial score (nSPS) is 14.2. The van der Waals surface area contributed by atoms with Crippen LogP contribution in [0.1, 0.15) is 90.9 Å². The predicted octanol–water partition coefficient (Wildman–Crippen LogP) is 4.74. The van der Waals surface area contributed by atoms with Gasteiger partial charge in [0, 0.05) is 6.54 Å². The molecule has 120 valence electrons. The SMILES string of the molecule is CCCCCCCCCCCCC(CC)(CN)C(=O)O. The van der Waals surface area contributed by atoms with E-state index in [-0.39, 0.29) is 6.54 Å². The summed E-state index contributed by atoms with van der Waals surface area (Å²) in [6, 6.07) is 0. The first kappa shape index (κ1) is 19.4. The van der Waals surface area contributed by atoms with Gasteiger partial charge in [0.2, 0.25) is 0 Å². The molecule has 20 heavy (non-hydrogen) atoms. The summed E-state index contributed by atoms with van der Waals surface area (Å²) in [6.45, 7) is 4.43. The highest BCUT2D eigenvalue weighted by atomic mass is 16.4. The van der Waals surface area contributed by atoms with Crippen LogP contribution in [-0.4, -0.2) is 17.6 Å². The van der Waals surface area contributed by atoms with Gasteiger partial charge in [0.1, 0.15) is 0 Å². The van der Waals surface area contributed by atoms with E-state index >= 15 is 0 Å². The van der Waals surface area contributed by atoms with Crippen molar-refractivity contribution >= 4 is 5.97 Å². The van der Waals surface area contributed by atoms with Crippen molar-refractivity contribution in [2.45, 2.75) is 90.9 Å². The minimum absolute atomic E-state index is 0.260. The largest absolute Gasteiger partial charge is 0.481 e. The standard InChI is InChI=1S/C17H35NO2/c1-3-5-6-7-8-9-10-11-12-13-14-17(4-2,15-18)16(19)20/h3-15,18H2,1-2H3,(H,19,20). The molecule has 3 N–H and O–H groups in total. The Kier molecular flexibility index (Phi) is 11.8. The quantitative estimate of drug-likeness (QED) is 0.453. The van der Waals surface area contributed by atoms with E-state index in [1.807, 2.05) is 6.92 Å². The van der Waals surface area contributed by atoms with Crippen molar-refractivity contribution < 1.29 is 9.90 Å². The second kappa shape index (κ2) is 12.2. The Morgan fingerprint density at radius 2 is 1.35 bits per heavy atom. The zero-order valence-corrected chi connectivity index (χ0v) is 13.6. The Hall–Kier alpha value is -0.570. The van der Waals surface area contributed by atoms with Crippen LogP contribution in [0.2, 0.25) is 0 Å². The van der Waals surface area contributed by atoms with E-state index in [1.54, 1.807) is 0 Å². The van der Waals surface area contributed by atoms with Crippen LogP contribution in [0, 0.1) is 5.41 Å². The highest BCUT2D eigenvalue weighted by Gasteiger charge is 2.34. The van der Waals surface area contributed by atoms with Gasteiger partial charge in [0.05, 0.1) is 5.41 Å². The summed E-state index contributed by atoms with van der Waals surface area (Å²) in [6.07, 6.45) is 14.1. The monoisotopic (exact) mass is 285 g/mol. The molecule has 1 unspecified atom stereocenters. The second-order valence-electron chi connectivity index (χ2n) is 6.08. The van der Waals surface area contributed by atoms with Gasteiger partial charge < -0.3 is 10.8 Å². The number of carbonyl (C=O) groups is 1. The van der Waals surface area contributed by atoms with E-state index in [9.17, 15) is 9.90 Å². The number of hydrogen-bond acceptors (Lipinski definition) is 2. The van der Waals surface area contributed by atoms with Crippen molar-refractivity contribution in [2.75, 3.05) is 6.54 Å². The van der Waals surface area contributed by atoms with Crippen molar-refractivity contribution in [3.05, 3.63) is 0 Å². The number of hydrogen-bond donors (Lipinski definition) is 2. The van der Waals surface area contributed by atoms with Gasteiger partial charge in [-0.05, 0) is 12.8 Å². The maximum Gasteiger partial charge on any atom is 0.310 e. The summed E-state index contributed by atoms with van der Waals surface area (Å²) in [4.78, 5) is 11.3. The van der Waals surface area contributed by atoms with Crippen molar-refractivity contribution in [2.24, 2.45) is 11.1 Å². The fourth-order valence-electron chi connectivity index (χ4n) is 2.72. The van der Waals surface area contributed by atoms with Crippen molar-refractivity contribution in [3.63, 3.8) is 0 Å². The van der Waals surface area contributed by atoms with Crippen LogP contribution in [0.4, 0.5) is 0 Å². The van der Waals surface area contributed by atoms with E-state index in [1.165, 1.54) is 51.4 Å². The molecular formula is C17H35NO2. The van der Waals surface area contributed by atoms with Gasteiger partial charge in [0.25, 0.3) is 0 Å². The highest BCUT2D eigenvalue weighted by molar-refractivity contribution is 5.74. The molecule has 0 heterocycles. The Balaban J connectivity index is 3.53. The zero-order valence-electron chi connectivity index (χ0n) is 13.6. The third-order valence-electron chi connectivity index (χ3n) is 4.53. The van der Waals surface area contributed by atoms with Gasteiger partial charge in [-0.15, -0.1) is 0 Å². The lowest BCUT2D eigenvalue weighted by Gasteiger charge is -2.26. The molecule has 0 saturated carbocycles. The molecule has 0 aliphatic carbocycles. The molecule has 3 nitrogen and oxygen atoms in total. The van der Waals surface area contributed by atoms with Gasteiger partial charge >= 0.3 is 5.97 Å². The minimum atomic E-state index is -0.724. The number of carboxylic acid groups (broad SMARTS) is 1. The summed E-state index contributed by atoms with van der Waals surface area (Å²) >= 11 is 0. The van der Waals surface area contributed by atoms with E-state index in [2.05, 4.69) is 6.92 Å². The highest BCUT2D eigenvalue weighted by Crippen LogP contribution is 2.28. The van der Waals surface area contributed by atoms with Crippen LogP contribution >= 0.6 is 0 Å². The van der Waals surface area contributed by atoms with Crippen LogP contribution in [-0.2, 0) is 4.79 Å². The molecule has 0 aromatic carbocycles. The van der Waals surface area contributed by atoms with Crippen molar-refractivity contribution in [1.29, 1.82) is 0 Å². The fraction of sp³-hybridized carbons (Fsp3) is 0.941. The van der Waals surface area contributed by atoms with E-state index in [4.69, 9.17) is 5.73 Å². The zero-order chi connectivity index (χ0) is 15.3. The van der Waals surface area contributed by atoms with Crippen LogP contribution in [0.5, 0.6) is 0 Å². The van der Waals surface area contributed by atoms with Crippen LogP contribution in [0.15, 0.2) is 0 Å². The maximum atomic E-state index is 11.3. The average molecular weight is 285 g/mol. The van der Waals surface area contributed by atoms with Crippen molar-refractivity contribution in [3.8, 4) is 0 Å². The molecule has 0 saturated heterocycles. The molecule has 0 bridgehead atoms. The lowest BCUT2D eigenvalue weighted by Crippen LogP contribution is -2.38. The molecule has 1 atom stereocenters. The molecule has 0 aromatic rings. The molecule has 0 radical (unpaired) electrons. The summed E-state index contributed by atoms with van der Waals surface area (Å²) < 4.78 is 0. The van der Waals surface area contributed by atoms with Crippen LogP contribution in [0.3, 0.4) is 0 Å². The van der Waals surface area contributed by atoms with E-state index in [0.29, 0.717) is 6.42 Å². The van der Waals surface area contributed by atoms with Gasteiger partial charge in [0.15, 0.2) is 0 Å². The van der Waals surface area contributed by atoms with Gasteiger partial charge in [-0.25, -0.2) is 0 Å². The lowest BCUT2D eigenvalue weighted by atomic mass is 9.80. The van der Waals surface area contributed by atoms with Crippen molar-refractivity contribution in [1.82, 2.24) is 0 Å². The Morgan fingerprint density at radius 1 is 0.900 bits per heavy atom. The number of rotatable bonds is 14. The summed E-state index contributed by atoms with van der Waals surface area (Å²) in [5.74, 6) is -0.724. The summed E-state index contributed by atoms with van der Waals surface area (Å²) in [5.41, 5.74) is 4.98. The topological polar surface area (TPSA) is 63.3 Å². The molecule has 0 rings (SSSR count). The fourth-order valence-corrected chi connectivity index (χ4v) is 2.72. The molecule has 0 amide bonds. The van der Waals surface area contributed by atoms with E-state index in [0.717, 1.165) is 19.3 Å². The Morgan fingerprint density at radius 3 is 1.70 bits per heavy atom. The van der Waals surface area contributed by atoms with Gasteiger partial charge in [-0.3, -0.25) is 4.79 Å². The van der Waals surface area contributed by atoms with Crippen LogP contribution < -0.4 is 5.73 Å². The molecular weight excluding hydrogens is 250 g/mol. The number of carboxylic acids is 1. The first-order valence-corrected chi connectivity index (χ1v) is 8.56. The average Bonchev–Trinajstić information content (AvgIpc) is 2.45. The number of unbranched alkanes of at least 4 members (excludes halogenated alkanes) is 9. The third-order valence-corrected chi connectivity index (χ3v) is 4.53. The lowest BCUT2D eigenvalue weighted by molar-refractivity contribution is -0.149. The maximum absolute atomic E-state index is 11.3. The first-order chi connectivity index (χ1) is 9.63. The van der Waals surface area contributed by atoms with Crippen LogP contribution in [0.25, 0.3) is 0 Å². The number of nitrogens with two attached hydrogens (primary N) is 1. The molecule has 0 spiro atoms. The molecule has 0 aromatic heterocycles.